The summed E-state index contributed by atoms with van der Waals surface area (Å²) in [5.41, 5.74) is 1.81. The topological polar surface area (TPSA) is 94.5 Å². The molecule has 0 aliphatic carbocycles. The van der Waals surface area contributed by atoms with Crippen molar-refractivity contribution in [2.75, 3.05) is 4.90 Å². The van der Waals surface area contributed by atoms with Crippen LogP contribution in [0, 0.1) is 0 Å². The molecule has 1 amide bonds. The van der Waals surface area contributed by atoms with Crippen LogP contribution in [0.1, 0.15) is 88.8 Å². The lowest BCUT2D eigenvalue weighted by Gasteiger charge is -2.41. The molecule has 2 atom stereocenters. The molecule has 0 unspecified atom stereocenters. The van der Waals surface area contributed by atoms with Gasteiger partial charge in [0.05, 0.1) is 28.4 Å². The molecule has 10 heteroatoms. The first-order valence-corrected chi connectivity index (χ1v) is 15.1. The molecule has 0 radical (unpaired) electrons. The first kappa shape index (κ1) is 30.6. The number of nitrogens with zero attached hydrogens (tertiary/aromatic N) is 1. The molecule has 2 fully saturated rings. The molecule has 0 bridgehead atoms. The lowest BCUT2D eigenvalue weighted by atomic mass is 9.76. The molecule has 3 aromatic carbocycles. The van der Waals surface area contributed by atoms with E-state index in [1.165, 1.54) is 0 Å². The number of carboxylic acid groups (broad SMARTS) is 1. The molecule has 44 heavy (non-hydrogen) atoms. The summed E-state index contributed by atoms with van der Waals surface area (Å²) in [6.45, 7) is 16.0. The van der Waals surface area contributed by atoms with Crippen molar-refractivity contribution in [3.05, 3.63) is 89.5 Å². The van der Waals surface area contributed by atoms with Gasteiger partial charge in [-0.25, -0.2) is 0 Å². The summed E-state index contributed by atoms with van der Waals surface area (Å²) >= 11 is 0. The SMILES string of the molecule is CC1(C)OB(c2ccc([C@@H]3[C@H](C(=O)O)c4ccccc4C(=O)N3c3ccc(B4OC(C)(C)C(C)(C)O4)cc3)cc2)OC1(C)C. The predicted molar refractivity (Wildman–Crippen MR) is 171 cm³/mol. The van der Waals surface area contributed by atoms with E-state index in [0.717, 1.165) is 10.9 Å². The molecule has 2 saturated heterocycles. The van der Waals surface area contributed by atoms with Crippen LogP contribution in [0.5, 0.6) is 0 Å². The van der Waals surface area contributed by atoms with Crippen molar-refractivity contribution in [1.29, 1.82) is 0 Å². The molecule has 3 aliphatic rings. The lowest BCUT2D eigenvalue weighted by Crippen LogP contribution is -2.45. The fourth-order valence-electron chi connectivity index (χ4n) is 6.03. The number of aliphatic carboxylic acids is 1. The third-order valence-electron chi connectivity index (χ3n) is 10.1. The van der Waals surface area contributed by atoms with E-state index in [-0.39, 0.29) is 5.91 Å². The van der Waals surface area contributed by atoms with E-state index in [4.69, 9.17) is 18.6 Å². The molecule has 228 valence electrons. The maximum Gasteiger partial charge on any atom is 0.494 e. The monoisotopic (exact) mass is 595 g/mol. The van der Waals surface area contributed by atoms with E-state index in [2.05, 4.69) is 0 Å². The van der Waals surface area contributed by atoms with E-state index < -0.39 is 54.6 Å². The van der Waals surface area contributed by atoms with Crippen LogP contribution < -0.4 is 15.8 Å². The zero-order valence-electron chi connectivity index (χ0n) is 26.6. The Bertz CT molecular complexity index is 1570. The molecule has 1 N–H and O–H groups in total. The van der Waals surface area contributed by atoms with Gasteiger partial charge in [0.15, 0.2) is 0 Å². The molecule has 3 heterocycles. The Morgan fingerprint density at radius 1 is 0.682 bits per heavy atom. The fourth-order valence-corrected chi connectivity index (χ4v) is 6.03. The van der Waals surface area contributed by atoms with Crippen LogP contribution in [0.2, 0.25) is 0 Å². The van der Waals surface area contributed by atoms with Gasteiger partial charge in [-0.15, -0.1) is 0 Å². The summed E-state index contributed by atoms with van der Waals surface area (Å²) in [6.07, 6.45) is 0. The van der Waals surface area contributed by atoms with E-state index in [0.29, 0.717) is 22.4 Å². The first-order valence-electron chi connectivity index (χ1n) is 15.1. The van der Waals surface area contributed by atoms with Crippen LogP contribution in [-0.4, -0.2) is 53.6 Å². The Morgan fingerprint density at radius 3 is 1.57 bits per heavy atom. The maximum atomic E-state index is 14.1. The zero-order chi connectivity index (χ0) is 31.8. The van der Waals surface area contributed by atoms with Crippen molar-refractivity contribution < 1.29 is 33.3 Å². The zero-order valence-corrected chi connectivity index (χ0v) is 26.6. The van der Waals surface area contributed by atoms with Crippen molar-refractivity contribution in [2.45, 2.75) is 89.8 Å². The van der Waals surface area contributed by atoms with Gasteiger partial charge in [0.2, 0.25) is 0 Å². The second-order valence-corrected chi connectivity index (χ2v) is 14.0. The summed E-state index contributed by atoms with van der Waals surface area (Å²) in [5, 5.41) is 10.6. The number of carbonyl (C=O) groups excluding carboxylic acids is 1. The second kappa shape index (κ2) is 10.3. The number of carbonyl (C=O) groups is 2. The fraction of sp³-hybridized carbons (Fsp3) is 0.412. The van der Waals surface area contributed by atoms with Crippen LogP contribution in [0.25, 0.3) is 0 Å². The van der Waals surface area contributed by atoms with Crippen molar-refractivity contribution in [1.82, 2.24) is 0 Å². The van der Waals surface area contributed by atoms with Gasteiger partial charge < -0.3 is 23.7 Å². The van der Waals surface area contributed by atoms with Gasteiger partial charge >= 0.3 is 20.2 Å². The quantitative estimate of drug-likeness (QED) is 0.422. The normalized spacial score (nSPS) is 24.8. The molecule has 6 rings (SSSR count). The van der Waals surface area contributed by atoms with Crippen LogP contribution in [0.4, 0.5) is 5.69 Å². The standard InChI is InChI=1S/C34H39B2NO7/c1-31(2)32(3,4)42-35(41-31)22-15-13-21(14-16-22)28-27(30(39)40)25-11-9-10-12-26(25)29(38)37(28)24-19-17-23(18-20-24)36-43-33(5,6)34(7,8)44-36/h9-20,27-28H,1-8H3,(H,39,40)/t27-,28-/m1/s1. The van der Waals surface area contributed by atoms with Gasteiger partial charge in [0, 0.05) is 11.3 Å². The number of anilines is 1. The first-order chi connectivity index (χ1) is 20.5. The number of hydrogen-bond donors (Lipinski definition) is 1. The van der Waals surface area contributed by atoms with Gasteiger partial charge in [-0.2, -0.15) is 0 Å². The highest BCUT2D eigenvalue weighted by molar-refractivity contribution is 6.62. The average Bonchev–Trinajstić information content (AvgIpc) is 3.32. The van der Waals surface area contributed by atoms with Gasteiger partial charge in [0.1, 0.15) is 5.92 Å². The molecular formula is C34H39B2NO7. The number of hydrogen-bond acceptors (Lipinski definition) is 6. The number of rotatable bonds is 5. The summed E-state index contributed by atoms with van der Waals surface area (Å²) in [4.78, 5) is 28.7. The molecule has 8 nitrogen and oxygen atoms in total. The van der Waals surface area contributed by atoms with Gasteiger partial charge in [-0.3, -0.25) is 14.5 Å². The van der Waals surface area contributed by atoms with Crippen molar-refractivity contribution in [3.63, 3.8) is 0 Å². The lowest BCUT2D eigenvalue weighted by molar-refractivity contribution is -0.139. The molecule has 0 saturated carbocycles. The Labute approximate surface area is 259 Å². The Balaban J connectivity index is 1.39. The summed E-state index contributed by atoms with van der Waals surface area (Å²) < 4.78 is 24.9. The van der Waals surface area contributed by atoms with Crippen LogP contribution in [0.3, 0.4) is 0 Å². The highest BCUT2D eigenvalue weighted by atomic mass is 16.7. The molecule has 0 aromatic heterocycles. The summed E-state index contributed by atoms with van der Waals surface area (Å²) in [5.74, 6) is -2.26. The highest BCUT2D eigenvalue weighted by Gasteiger charge is 2.53. The van der Waals surface area contributed by atoms with E-state index in [1.807, 2.05) is 104 Å². The van der Waals surface area contributed by atoms with Gasteiger partial charge in [0.25, 0.3) is 5.91 Å². The number of benzene rings is 3. The third-order valence-corrected chi connectivity index (χ3v) is 10.1. The Hall–Kier alpha value is -3.43. The van der Waals surface area contributed by atoms with Crippen LogP contribution in [0.15, 0.2) is 72.8 Å². The second-order valence-electron chi connectivity index (χ2n) is 14.0. The minimum atomic E-state index is -1.01. The van der Waals surface area contributed by atoms with E-state index in [9.17, 15) is 14.7 Å². The maximum absolute atomic E-state index is 14.1. The summed E-state index contributed by atoms with van der Waals surface area (Å²) in [7, 11) is -1.12. The largest absolute Gasteiger partial charge is 0.494 e. The minimum Gasteiger partial charge on any atom is -0.481 e. The Morgan fingerprint density at radius 2 is 1.11 bits per heavy atom. The molecular weight excluding hydrogens is 556 g/mol. The molecule has 0 spiro atoms. The highest BCUT2D eigenvalue weighted by Crippen LogP contribution is 2.45. The van der Waals surface area contributed by atoms with E-state index >= 15 is 0 Å². The predicted octanol–water partition coefficient (Wildman–Crippen LogP) is 4.85. The molecule has 3 aliphatic heterocycles. The minimum absolute atomic E-state index is 0.262. The average molecular weight is 595 g/mol. The number of fused-ring (bicyclic) bond motifs is 1. The number of carboxylic acids is 1. The summed E-state index contributed by atoms with van der Waals surface area (Å²) in [6, 6.07) is 21.1. The van der Waals surface area contributed by atoms with E-state index in [1.54, 1.807) is 29.2 Å². The third kappa shape index (κ3) is 4.88. The van der Waals surface area contributed by atoms with Crippen LogP contribution in [-0.2, 0) is 23.4 Å². The Kier molecular flexibility index (Phi) is 7.17. The van der Waals surface area contributed by atoms with Crippen molar-refractivity contribution in [2.24, 2.45) is 0 Å². The van der Waals surface area contributed by atoms with Gasteiger partial charge in [-0.1, -0.05) is 54.6 Å². The van der Waals surface area contributed by atoms with Crippen LogP contribution >= 0.6 is 0 Å². The van der Waals surface area contributed by atoms with Gasteiger partial charge in [-0.05, 0) is 95.6 Å². The van der Waals surface area contributed by atoms with Crippen molar-refractivity contribution in [3.8, 4) is 0 Å². The smallest absolute Gasteiger partial charge is 0.481 e. The van der Waals surface area contributed by atoms with Crippen molar-refractivity contribution >= 4 is 42.7 Å². The number of amides is 1. The molecule has 3 aromatic rings.